The Morgan fingerprint density at radius 3 is 1.44 bits per heavy atom. The first-order chi connectivity index (χ1) is 33.0. The van der Waals surface area contributed by atoms with Crippen LogP contribution in [0.4, 0.5) is 0 Å². The average molecular weight is 967 g/mol. The van der Waals surface area contributed by atoms with E-state index in [-0.39, 0.29) is 19.4 Å². The van der Waals surface area contributed by atoms with Crippen molar-refractivity contribution in [3.63, 3.8) is 0 Å². The fourth-order valence-electron chi connectivity index (χ4n) is 7.78. The number of carbonyl (C=O) groups excluding carboxylic acids is 2. The summed E-state index contributed by atoms with van der Waals surface area (Å²) >= 11 is 0. The van der Waals surface area contributed by atoms with Crippen LogP contribution in [0, 0.1) is 0 Å². The number of allylic oxidation sites excluding steroid dienone is 10. The molecule has 4 unspecified atom stereocenters. The molecule has 15 heteroatoms. The summed E-state index contributed by atoms with van der Waals surface area (Å²) in [4.78, 5) is 25.7. The van der Waals surface area contributed by atoms with E-state index in [1.54, 1.807) is 0 Å². The predicted octanol–water partition coefficient (Wildman–Crippen LogP) is 7.27. The number of rotatable bonds is 39. The summed E-state index contributed by atoms with van der Waals surface area (Å²) in [5.74, 6) is -0.993. The molecule has 15 nitrogen and oxygen atoms in total. The highest BCUT2D eigenvalue weighted by Crippen LogP contribution is 2.26. The van der Waals surface area contributed by atoms with Gasteiger partial charge in [0.05, 0.1) is 19.8 Å². The van der Waals surface area contributed by atoms with Crippen LogP contribution in [0.1, 0.15) is 168 Å². The molecule has 7 N–H and O–H groups in total. The molecule has 2 aliphatic heterocycles. The molecule has 0 spiro atoms. The van der Waals surface area contributed by atoms with E-state index in [1.165, 1.54) is 70.6 Å². The third-order valence-electron chi connectivity index (χ3n) is 12.0. The van der Waals surface area contributed by atoms with Crippen LogP contribution in [0.2, 0.25) is 0 Å². The number of aliphatic hydroxyl groups is 7. The van der Waals surface area contributed by atoms with Crippen LogP contribution in [0.15, 0.2) is 60.8 Å². The zero-order valence-corrected chi connectivity index (χ0v) is 41.3. The molecule has 0 aliphatic carbocycles. The number of hydrogen-bond acceptors (Lipinski definition) is 15. The third-order valence-corrected chi connectivity index (χ3v) is 12.0. The van der Waals surface area contributed by atoms with Gasteiger partial charge in [-0.1, -0.05) is 164 Å². The first-order valence-corrected chi connectivity index (χ1v) is 25.9. The number of esters is 2. The molecule has 0 amide bonds. The second kappa shape index (κ2) is 39.9. The lowest BCUT2D eigenvalue weighted by atomic mass is 9.98. The molecule has 0 aromatic carbocycles. The minimum Gasteiger partial charge on any atom is -0.462 e. The summed E-state index contributed by atoms with van der Waals surface area (Å²) in [5.41, 5.74) is 0. The molecule has 2 fully saturated rings. The molecule has 2 aliphatic rings. The Morgan fingerprint density at radius 1 is 0.485 bits per heavy atom. The fourth-order valence-corrected chi connectivity index (χ4v) is 7.78. The molecule has 392 valence electrons. The summed E-state index contributed by atoms with van der Waals surface area (Å²) in [5, 5.41) is 72.1. The third kappa shape index (κ3) is 27.6. The summed E-state index contributed by atoms with van der Waals surface area (Å²) in [6, 6.07) is 0. The fraction of sp³-hybridized carbons (Fsp3) is 0.774. The van der Waals surface area contributed by atoms with Gasteiger partial charge in [0.2, 0.25) is 0 Å². The van der Waals surface area contributed by atoms with Crippen molar-refractivity contribution in [1.29, 1.82) is 0 Å². The maximum Gasteiger partial charge on any atom is 0.306 e. The van der Waals surface area contributed by atoms with Gasteiger partial charge in [0.15, 0.2) is 18.7 Å². The van der Waals surface area contributed by atoms with Gasteiger partial charge in [-0.25, -0.2) is 0 Å². The molecule has 0 aromatic rings. The van der Waals surface area contributed by atoms with Crippen LogP contribution < -0.4 is 0 Å². The number of unbranched alkanes of at least 4 members (excludes halogenated alkanes) is 15. The Bertz CT molecular complexity index is 1420. The summed E-state index contributed by atoms with van der Waals surface area (Å²) in [6.45, 7) is 2.41. The normalized spacial score (nSPS) is 26.2. The minimum atomic E-state index is -1.78. The van der Waals surface area contributed by atoms with E-state index in [9.17, 15) is 45.3 Å². The second-order valence-electron chi connectivity index (χ2n) is 18.0. The van der Waals surface area contributed by atoms with Crippen LogP contribution in [0.5, 0.6) is 0 Å². The SMILES string of the molecule is CC/C=C/C/C=C/C/C=C/C/C=C/C/C=C/CCCC(=O)O[C@H](COC(=O)CCCCCCCCCCCCCCCCC)CO[C@H]1O[C@@H](CO[C@H]2O[C@@H](CO)[C@@H](O)C(O)C2O)[C@@H](O)C(O)C1O. The molecular weight excluding hydrogens is 877 g/mol. The summed E-state index contributed by atoms with van der Waals surface area (Å²) in [7, 11) is 0. The van der Waals surface area contributed by atoms with Gasteiger partial charge in [-0.2, -0.15) is 0 Å². The van der Waals surface area contributed by atoms with E-state index in [1.807, 2.05) is 12.2 Å². The summed E-state index contributed by atoms with van der Waals surface area (Å²) < 4.78 is 33.5. The van der Waals surface area contributed by atoms with E-state index in [0.29, 0.717) is 19.3 Å². The van der Waals surface area contributed by atoms with Crippen molar-refractivity contribution in [2.45, 2.75) is 235 Å². The maximum absolute atomic E-state index is 13.0. The molecule has 0 radical (unpaired) electrons. The van der Waals surface area contributed by atoms with Gasteiger partial charge < -0.3 is 64.2 Å². The highest BCUT2D eigenvalue weighted by Gasteiger charge is 2.47. The zero-order valence-electron chi connectivity index (χ0n) is 41.3. The van der Waals surface area contributed by atoms with E-state index in [4.69, 9.17) is 28.4 Å². The quantitative estimate of drug-likeness (QED) is 0.0183. The Balaban J connectivity index is 1.84. The van der Waals surface area contributed by atoms with E-state index >= 15 is 0 Å². The number of carbonyl (C=O) groups is 2. The molecule has 2 rings (SSSR count). The van der Waals surface area contributed by atoms with Crippen molar-refractivity contribution >= 4 is 11.9 Å². The molecule has 0 saturated carbocycles. The lowest BCUT2D eigenvalue weighted by Gasteiger charge is -2.42. The highest BCUT2D eigenvalue weighted by molar-refractivity contribution is 5.70. The van der Waals surface area contributed by atoms with E-state index < -0.39 is 99.3 Å². The Kier molecular flexibility index (Phi) is 36.0. The van der Waals surface area contributed by atoms with Crippen LogP contribution in [-0.4, -0.2) is 142 Å². The van der Waals surface area contributed by atoms with Gasteiger partial charge in [0.25, 0.3) is 0 Å². The smallest absolute Gasteiger partial charge is 0.306 e. The largest absolute Gasteiger partial charge is 0.462 e. The molecule has 2 saturated heterocycles. The van der Waals surface area contributed by atoms with Crippen molar-refractivity contribution in [3.8, 4) is 0 Å². The first kappa shape index (κ1) is 61.3. The Hall–Kier alpha value is -2.80. The van der Waals surface area contributed by atoms with Gasteiger partial charge in [0.1, 0.15) is 55.4 Å². The van der Waals surface area contributed by atoms with Crippen LogP contribution >= 0.6 is 0 Å². The summed E-state index contributed by atoms with van der Waals surface area (Å²) in [6.07, 6.45) is 28.3. The predicted molar refractivity (Wildman–Crippen MR) is 261 cm³/mol. The lowest BCUT2D eigenvalue weighted by molar-refractivity contribution is -0.332. The molecule has 0 aromatic heterocycles. The van der Waals surface area contributed by atoms with Gasteiger partial charge in [-0.05, 0) is 51.4 Å². The topological polar surface area (TPSA) is 231 Å². The van der Waals surface area contributed by atoms with Crippen molar-refractivity contribution in [2.24, 2.45) is 0 Å². The minimum absolute atomic E-state index is 0.0860. The molecular formula is C53H90O15. The number of aliphatic hydroxyl groups excluding tert-OH is 7. The number of ether oxygens (including phenoxy) is 6. The molecule has 11 atom stereocenters. The van der Waals surface area contributed by atoms with Crippen LogP contribution in [0.25, 0.3) is 0 Å². The van der Waals surface area contributed by atoms with Crippen molar-refractivity contribution in [3.05, 3.63) is 60.8 Å². The number of hydrogen-bond donors (Lipinski definition) is 7. The second-order valence-corrected chi connectivity index (χ2v) is 18.0. The first-order valence-electron chi connectivity index (χ1n) is 25.9. The van der Waals surface area contributed by atoms with Gasteiger partial charge >= 0.3 is 11.9 Å². The Labute approximate surface area is 407 Å². The molecule has 0 bridgehead atoms. The average Bonchev–Trinajstić information content (AvgIpc) is 3.33. The van der Waals surface area contributed by atoms with Gasteiger partial charge in [-0.3, -0.25) is 9.59 Å². The molecule has 2 heterocycles. The zero-order chi connectivity index (χ0) is 49.6. The van der Waals surface area contributed by atoms with Crippen molar-refractivity contribution in [2.75, 3.05) is 26.4 Å². The van der Waals surface area contributed by atoms with E-state index in [0.717, 1.165) is 51.4 Å². The standard InChI is InChI=1S/C53H90O15/c1-3-5-7-9-11-13-15-17-19-20-22-24-26-28-30-32-34-36-45(56)66-41(38-63-44(55)35-33-31-29-27-25-23-21-18-16-14-12-10-8-6-4-2)39-64-52-51(62)49(60)47(58)43(68-52)40-65-53-50(61)48(59)46(57)42(37-54)67-53/h5,7,11,13,17,19,22,24,28,30,41-43,46-54,57-62H,3-4,6,8-10,12,14-16,18,20-21,23,25-27,29,31-40H2,1-2H3/b7-5+,13-11+,19-17+,24-22+,30-28+/t41-,42+,43+,46-,47-,48?,49?,50?,51?,52+,53+/m1/s1. The maximum atomic E-state index is 13.0. The van der Waals surface area contributed by atoms with Crippen molar-refractivity contribution < 1.29 is 73.8 Å². The Morgan fingerprint density at radius 2 is 0.926 bits per heavy atom. The van der Waals surface area contributed by atoms with Gasteiger partial charge in [-0.15, -0.1) is 0 Å². The van der Waals surface area contributed by atoms with E-state index in [2.05, 4.69) is 62.5 Å². The van der Waals surface area contributed by atoms with Crippen LogP contribution in [0.3, 0.4) is 0 Å². The monoisotopic (exact) mass is 967 g/mol. The van der Waals surface area contributed by atoms with Crippen molar-refractivity contribution in [1.82, 2.24) is 0 Å². The molecule has 68 heavy (non-hydrogen) atoms. The lowest BCUT2D eigenvalue weighted by Crippen LogP contribution is -2.61. The van der Waals surface area contributed by atoms with Gasteiger partial charge in [0, 0.05) is 12.8 Å². The van der Waals surface area contributed by atoms with Crippen LogP contribution in [-0.2, 0) is 38.0 Å². The highest BCUT2D eigenvalue weighted by atomic mass is 16.7.